The molecule has 4 aliphatic carbocycles. The Balaban J connectivity index is 1.30. The number of piperidine rings is 1. The molecule has 0 radical (unpaired) electrons. The lowest BCUT2D eigenvalue weighted by molar-refractivity contribution is -0.136. The first-order chi connectivity index (χ1) is 12.6. The summed E-state index contributed by atoms with van der Waals surface area (Å²) in [6.45, 7) is 2.07. The van der Waals surface area contributed by atoms with Gasteiger partial charge >= 0.3 is 0 Å². The van der Waals surface area contributed by atoms with E-state index in [1.165, 1.54) is 19.3 Å². The molecule has 5 fully saturated rings. The van der Waals surface area contributed by atoms with Crippen molar-refractivity contribution in [1.82, 2.24) is 10.3 Å². The average Bonchev–Trinajstić information content (AvgIpc) is 2.64. The summed E-state index contributed by atoms with van der Waals surface area (Å²) in [6, 6.07) is 6.00. The summed E-state index contributed by atoms with van der Waals surface area (Å²) in [4.78, 5) is 19.8. The molecule has 26 heavy (non-hydrogen) atoms. The van der Waals surface area contributed by atoms with Gasteiger partial charge in [-0.15, -0.1) is 0 Å². The van der Waals surface area contributed by atoms with Crippen LogP contribution >= 0.6 is 0 Å². The van der Waals surface area contributed by atoms with Crippen molar-refractivity contribution in [2.75, 3.05) is 18.0 Å². The fraction of sp³-hybridized carbons (Fsp3) is 0.714. The Hall–Kier alpha value is -1.62. The molecule has 2 N–H and O–H groups in total. The van der Waals surface area contributed by atoms with Crippen LogP contribution in [0.5, 0.6) is 0 Å². The SMILES string of the molecule is O=C(NC1C2CC3CC1CC(O)(C3)C2)c1cccc(N2CCCCC2)n1. The van der Waals surface area contributed by atoms with Crippen LogP contribution in [0, 0.1) is 17.8 Å². The topological polar surface area (TPSA) is 65.5 Å². The van der Waals surface area contributed by atoms with Gasteiger partial charge in [-0.05, 0) is 81.3 Å². The number of hydrogen-bond acceptors (Lipinski definition) is 4. The second kappa shape index (κ2) is 6.22. The highest BCUT2D eigenvalue weighted by Crippen LogP contribution is 2.55. The van der Waals surface area contributed by atoms with Gasteiger partial charge in [-0.1, -0.05) is 6.07 Å². The molecule has 2 unspecified atom stereocenters. The third-order valence-electron chi connectivity index (χ3n) is 7.19. The molecule has 2 atom stereocenters. The van der Waals surface area contributed by atoms with E-state index in [1.807, 2.05) is 18.2 Å². The Labute approximate surface area is 155 Å². The van der Waals surface area contributed by atoms with Crippen molar-refractivity contribution >= 4 is 11.7 Å². The average molecular weight is 355 g/mol. The monoisotopic (exact) mass is 355 g/mol. The van der Waals surface area contributed by atoms with Crippen molar-refractivity contribution in [2.24, 2.45) is 17.8 Å². The molecule has 140 valence electrons. The van der Waals surface area contributed by atoms with Crippen molar-refractivity contribution < 1.29 is 9.90 Å². The Morgan fingerprint density at radius 3 is 2.54 bits per heavy atom. The van der Waals surface area contributed by atoms with Crippen LogP contribution in [-0.2, 0) is 0 Å². The lowest BCUT2D eigenvalue weighted by Crippen LogP contribution is -2.61. The van der Waals surface area contributed by atoms with Gasteiger partial charge in [-0.2, -0.15) is 0 Å². The molecule has 1 aromatic rings. The third-order valence-corrected chi connectivity index (χ3v) is 7.19. The van der Waals surface area contributed by atoms with E-state index < -0.39 is 5.60 Å². The van der Waals surface area contributed by atoms with Crippen LogP contribution in [0.15, 0.2) is 18.2 Å². The fourth-order valence-electron chi connectivity index (χ4n) is 6.29. The van der Waals surface area contributed by atoms with Crippen LogP contribution in [-0.4, -0.2) is 40.7 Å². The van der Waals surface area contributed by atoms with Gasteiger partial charge in [0.1, 0.15) is 11.5 Å². The molecule has 5 aliphatic rings. The van der Waals surface area contributed by atoms with Gasteiger partial charge in [0, 0.05) is 19.1 Å². The predicted molar refractivity (Wildman–Crippen MR) is 100 cm³/mol. The minimum absolute atomic E-state index is 0.0478. The molecule has 1 aliphatic heterocycles. The summed E-state index contributed by atoms with van der Waals surface area (Å²) >= 11 is 0. The van der Waals surface area contributed by atoms with E-state index in [-0.39, 0.29) is 11.9 Å². The Morgan fingerprint density at radius 1 is 1.12 bits per heavy atom. The number of carbonyl (C=O) groups excluding carboxylic acids is 1. The molecule has 5 nitrogen and oxygen atoms in total. The van der Waals surface area contributed by atoms with Crippen molar-refractivity contribution in [1.29, 1.82) is 0 Å². The molecule has 4 bridgehead atoms. The Bertz CT molecular complexity index is 684. The van der Waals surface area contributed by atoms with Gasteiger partial charge in [0.25, 0.3) is 5.91 Å². The zero-order chi connectivity index (χ0) is 17.7. The van der Waals surface area contributed by atoms with Gasteiger partial charge in [0.05, 0.1) is 5.60 Å². The molecule has 1 saturated heterocycles. The van der Waals surface area contributed by atoms with E-state index in [4.69, 9.17) is 0 Å². The molecule has 0 spiro atoms. The molecule has 4 saturated carbocycles. The van der Waals surface area contributed by atoms with Crippen LogP contribution in [0.3, 0.4) is 0 Å². The van der Waals surface area contributed by atoms with Crippen molar-refractivity contribution in [2.45, 2.75) is 63.0 Å². The molecular weight excluding hydrogens is 326 g/mol. The minimum atomic E-state index is -0.454. The first-order valence-electron chi connectivity index (χ1n) is 10.3. The second-order valence-electron chi connectivity index (χ2n) is 9.12. The predicted octanol–water partition coefficient (Wildman–Crippen LogP) is 2.74. The Morgan fingerprint density at radius 2 is 1.85 bits per heavy atom. The van der Waals surface area contributed by atoms with Crippen molar-refractivity contribution in [3.8, 4) is 0 Å². The van der Waals surface area contributed by atoms with Gasteiger partial charge in [-0.25, -0.2) is 4.98 Å². The lowest BCUT2D eigenvalue weighted by atomic mass is 9.52. The largest absolute Gasteiger partial charge is 0.390 e. The van der Waals surface area contributed by atoms with Gasteiger partial charge < -0.3 is 15.3 Å². The fourth-order valence-corrected chi connectivity index (χ4v) is 6.29. The van der Waals surface area contributed by atoms with E-state index in [0.717, 1.165) is 51.0 Å². The maximum absolute atomic E-state index is 12.9. The van der Waals surface area contributed by atoms with Gasteiger partial charge in [0.15, 0.2) is 0 Å². The maximum atomic E-state index is 12.9. The number of aliphatic hydroxyl groups is 1. The molecule has 1 amide bonds. The summed E-state index contributed by atoms with van der Waals surface area (Å²) in [5, 5.41) is 14.0. The van der Waals surface area contributed by atoms with E-state index in [1.54, 1.807) is 0 Å². The molecule has 0 aromatic carbocycles. The number of hydrogen-bond donors (Lipinski definition) is 2. The first-order valence-corrected chi connectivity index (χ1v) is 10.3. The van der Waals surface area contributed by atoms with Gasteiger partial charge in [-0.3, -0.25) is 4.79 Å². The number of nitrogens with one attached hydrogen (secondary N) is 1. The van der Waals surface area contributed by atoms with Crippen LogP contribution in [0.4, 0.5) is 5.82 Å². The molecular formula is C21H29N3O2. The van der Waals surface area contributed by atoms with Crippen LogP contribution in [0.25, 0.3) is 0 Å². The van der Waals surface area contributed by atoms with Crippen LogP contribution in [0.2, 0.25) is 0 Å². The molecule has 2 heterocycles. The van der Waals surface area contributed by atoms with E-state index in [9.17, 15) is 9.90 Å². The summed E-state index contributed by atoms with van der Waals surface area (Å²) < 4.78 is 0. The smallest absolute Gasteiger partial charge is 0.270 e. The standard InChI is InChI=1S/C21H29N3O2/c25-20(17-5-4-6-18(22-17)24-7-2-1-3-8-24)23-19-15-9-14-10-16(19)13-21(26,11-14)12-15/h4-6,14-16,19,26H,1-3,7-13H2,(H,23,25). The normalized spacial score (nSPS) is 38.4. The second-order valence-corrected chi connectivity index (χ2v) is 9.12. The number of nitrogens with zero attached hydrogens (tertiary/aromatic N) is 2. The zero-order valence-electron chi connectivity index (χ0n) is 15.4. The van der Waals surface area contributed by atoms with Crippen LogP contribution < -0.4 is 10.2 Å². The summed E-state index contributed by atoms with van der Waals surface area (Å²) in [5.74, 6) is 2.40. The number of amides is 1. The van der Waals surface area contributed by atoms with Crippen molar-refractivity contribution in [3.63, 3.8) is 0 Å². The lowest BCUT2D eigenvalue weighted by Gasteiger charge is -2.58. The molecule has 1 aromatic heterocycles. The van der Waals surface area contributed by atoms with Crippen LogP contribution in [0.1, 0.15) is 61.9 Å². The highest BCUT2D eigenvalue weighted by atomic mass is 16.3. The summed E-state index contributed by atoms with van der Waals surface area (Å²) in [5.41, 5.74) is 0.0741. The van der Waals surface area contributed by atoms with Crippen molar-refractivity contribution in [3.05, 3.63) is 23.9 Å². The number of rotatable bonds is 3. The van der Waals surface area contributed by atoms with E-state index >= 15 is 0 Å². The number of pyridine rings is 1. The summed E-state index contributed by atoms with van der Waals surface area (Å²) in [7, 11) is 0. The molecule has 5 heteroatoms. The number of carbonyl (C=O) groups is 1. The highest BCUT2D eigenvalue weighted by Gasteiger charge is 2.55. The minimum Gasteiger partial charge on any atom is -0.390 e. The van der Waals surface area contributed by atoms with E-state index in [2.05, 4.69) is 15.2 Å². The highest BCUT2D eigenvalue weighted by molar-refractivity contribution is 5.92. The van der Waals surface area contributed by atoms with Gasteiger partial charge in [0.2, 0.25) is 0 Å². The Kier molecular flexibility index (Phi) is 3.96. The number of anilines is 1. The molecule has 6 rings (SSSR count). The van der Waals surface area contributed by atoms with E-state index in [0.29, 0.717) is 23.4 Å². The quantitative estimate of drug-likeness (QED) is 0.875. The first kappa shape index (κ1) is 16.5. The number of aromatic nitrogens is 1. The third kappa shape index (κ3) is 2.90. The maximum Gasteiger partial charge on any atom is 0.270 e. The summed E-state index contributed by atoms with van der Waals surface area (Å²) in [6.07, 6.45) is 8.68. The zero-order valence-corrected chi connectivity index (χ0v) is 15.4.